The maximum absolute atomic E-state index is 12.6. The van der Waals surface area contributed by atoms with E-state index in [1.807, 2.05) is 0 Å². The van der Waals surface area contributed by atoms with Gasteiger partial charge in [-0.15, -0.1) is 0 Å². The molecule has 0 bridgehead atoms. The minimum atomic E-state index is -3.51. The Morgan fingerprint density at radius 2 is 2.00 bits per heavy atom. The second kappa shape index (κ2) is 6.11. The molecule has 1 N–H and O–H groups in total. The molecule has 1 aromatic carbocycles. The molecule has 0 amide bonds. The van der Waals surface area contributed by atoms with Crippen LogP contribution in [0.5, 0.6) is 5.75 Å². The van der Waals surface area contributed by atoms with Crippen molar-refractivity contribution in [3.8, 4) is 5.75 Å². The number of sulfonamides is 1. The molecule has 1 fully saturated rings. The molecule has 1 aliphatic rings. The quantitative estimate of drug-likeness (QED) is 0.899. The van der Waals surface area contributed by atoms with E-state index in [1.54, 1.807) is 13.1 Å². The minimum absolute atomic E-state index is 0.0830. The topological polar surface area (TPSA) is 66.8 Å². The average Bonchev–Trinajstić information content (AvgIpc) is 2.99. The maximum Gasteiger partial charge on any atom is 0.243 e. The van der Waals surface area contributed by atoms with Crippen LogP contribution in [0.4, 0.5) is 0 Å². The van der Waals surface area contributed by atoms with E-state index in [4.69, 9.17) is 4.74 Å². The van der Waals surface area contributed by atoms with Gasteiger partial charge in [0.2, 0.25) is 10.0 Å². The van der Waals surface area contributed by atoms with Crippen molar-refractivity contribution in [3.05, 3.63) is 23.8 Å². The SMILES string of the molecule is COc1ccc(S(=O)(=O)N(C)C2CCCC2)cc1CO. The summed E-state index contributed by atoms with van der Waals surface area (Å²) in [5, 5.41) is 9.30. The fourth-order valence-electron chi connectivity index (χ4n) is 2.67. The first kappa shape index (κ1) is 15.3. The normalized spacial score (nSPS) is 16.8. The third-order valence-corrected chi connectivity index (χ3v) is 5.84. The molecular weight excluding hydrogens is 278 g/mol. The van der Waals surface area contributed by atoms with E-state index in [2.05, 4.69) is 0 Å². The smallest absolute Gasteiger partial charge is 0.243 e. The molecule has 0 aromatic heterocycles. The van der Waals surface area contributed by atoms with E-state index in [9.17, 15) is 13.5 Å². The Morgan fingerprint density at radius 3 is 2.55 bits per heavy atom. The van der Waals surface area contributed by atoms with E-state index in [0.29, 0.717) is 11.3 Å². The van der Waals surface area contributed by atoms with Gasteiger partial charge in [-0.25, -0.2) is 8.42 Å². The number of hydrogen-bond donors (Lipinski definition) is 1. The Hall–Kier alpha value is -1.11. The Balaban J connectivity index is 2.33. The highest BCUT2D eigenvalue weighted by molar-refractivity contribution is 7.89. The van der Waals surface area contributed by atoms with Gasteiger partial charge in [0.1, 0.15) is 5.75 Å². The van der Waals surface area contributed by atoms with Gasteiger partial charge in [-0.1, -0.05) is 12.8 Å². The lowest BCUT2D eigenvalue weighted by Crippen LogP contribution is -2.35. The van der Waals surface area contributed by atoms with Crippen LogP contribution >= 0.6 is 0 Å². The summed E-state index contributed by atoms with van der Waals surface area (Å²) in [6.07, 6.45) is 3.99. The third kappa shape index (κ3) is 2.82. The predicted molar refractivity (Wildman–Crippen MR) is 76.1 cm³/mol. The number of hydrogen-bond acceptors (Lipinski definition) is 4. The van der Waals surface area contributed by atoms with Crippen LogP contribution < -0.4 is 4.74 Å². The Labute approximate surface area is 120 Å². The highest BCUT2D eigenvalue weighted by atomic mass is 32.2. The molecule has 2 rings (SSSR count). The van der Waals surface area contributed by atoms with Crippen LogP contribution in [-0.4, -0.2) is 38.0 Å². The number of benzene rings is 1. The van der Waals surface area contributed by atoms with Gasteiger partial charge < -0.3 is 9.84 Å². The zero-order chi connectivity index (χ0) is 14.8. The second-order valence-corrected chi connectivity index (χ2v) is 7.09. The first-order valence-electron chi connectivity index (χ1n) is 6.76. The maximum atomic E-state index is 12.6. The molecule has 5 nitrogen and oxygen atoms in total. The van der Waals surface area contributed by atoms with Crippen LogP contribution in [0.2, 0.25) is 0 Å². The van der Waals surface area contributed by atoms with Crippen molar-refractivity contribution in [3.63, 3.8) is 0 Å². The molecule has 1 aliphatic carbocycles. The molecule has 0 saturated heterocycles. The lowest BCUT2D eigenvalue weighted by Gasteiger charge is -2.24. The molecule has 0 atom stereocenters. The number of rotatable bonds is 5. The van der Waals surface area contributed by atoms with Crippen molar-refractivity contribution in [1.82, 2.24) is 4.31 Å². The Morgan fingerprint density at radius 1 is 1.35 bits per heavy atom. The van der Waals surface area contributed by atoms with Gasteiger partial charge in [-0.3, -0.25) is 0 Å². The summed E-state index contributed by atoms with van der Waals surface area (Å²) in [6.45, 7) is -0.250. The predicted octanol–water partition coefficient (Wildman–Crippen LogP) is 1.75. The second-order valence-electron chi connectivity index (χ2n) is 5.09. The molecule has 112 valence electrons. The molecule has 6 heteroatoms. The largest absolute Gasteiger partial charge is 0.496 e. The zero-order valence-electron chi connectivity index (χ0n) is 11.9. The Kier molecular flexibility index (Phi) is 4.67. The van der Waals surface area contributed by atoms with Gasteiger partial charge in [0.25, 0.3) is 0 Å². The zero-order valence-corrected chi connectivity index (χ0v) is 12.7. The van der Waals surface area contributed by atoms with Gasteiger partial charge >= 0.3 is 0 Å². The summed E-state index contributed by atoms with van der Waals surface area (Å²) < 4.78 is 31.7. The van der Waals surface area contributed by atoms with Gasteiger partial charge in [0.15, 0.2) is 0 Å². The summed E-state index contributed by atoms with van der Waals surface area (Å²) in [6, 6.07) is 4.68. The fourth-order valence-corrected chi connectivity index (χ4v) is 4.14. The number of ether oxygens (including phenoxy) is 1. The standard InChI is InChI=1S/C14H21NO4S/c1-15(12-5-3-4-6-12)20(17,18)13-7-8-14(19-2)11(9-13)10-16/h7-9,12,16H,3-6,10H2,1-2H3. The number of aliphatic hydroxyl groups excluding tert-OH is 1. The monoisotopic (exact) mass is 299 g/mol. The van der Waals surface area contributed by atoms with Crippen LogP contribution in [0.1, 0.15) is 31.2 Å². The van der Waals surface area contributed by atoms with Crippen molar-refractivity contribution in [2.75, 3.05) is 14.2 Å². The van der Waals surface area contributed by atoms with Gasteiger partial charge in [-0.05, 0) is 31.0 Å². The summed E-state index contributed by atoms with van der Waals surface area (Å²) in [5.41, 5.74) is 0.480. The number of methoxy groups -OCH3 is 1. The van der Waals surface area contributed by atoms with Crippen LogP contribution in [-0.2, 0) is 16.6 Å². The van der Waals surface area contributed by atoms with Crippen LogP contribution in [0.3, 0.4) is 0 Å². The fraction of sp³-hybridized carbons (Fsp3) is 0.571. The van der Waals surface area contributed by atoms with Crippen molar-refractivity contribution >= 4 is 10.0 Å². The summed E-state index contributed by atoms with van der Waals surface area (Å²) in [4.78, 5) is 0.205. The van der Waals surface area contributed by atoms with E-state index < -0.39 is 10.0 Å². The van der Waals surface area contributed by atoms with E-state index in [0.717, 1.165) is 25.7 Å². The first-order valence-corrected chi connectivity index (χ1v) is 8.20. The minimum Gasteiger partial charge on any atom is -0.496 e. The number of nitrogens with zero attached hydrogens (tertiary/aromatic N) is 1. The molecule has 0 spiro atoms. The van der Waals surface area contributed by atoms with Crippen molar-refractivity contribution < 1.29 is 18.3 Å². The summed E-state index contributed by atoms with van der Waals surface area (Å²) >= 11 is 0. The number of aliphatic hydroxyl groups is 1. The highest BCUT2D eigenvalue weighted by Crippen LogP contribution is 2.29. The highest BCUT2D eigenvalue weighted by Gasteiger charge is 2.30. The molecule has 0 unspecified atom stereocenters. The van der Waals surface area contributed by atoms with Gasteiger partial charge in [0, 0.05) is 18.7 Å². The van der Waals surface area contributed by atoms with E-state index in [1.165, 1.54) is 23.5 Å². The van der Waals surface area contributed by atoms with Crippen molar-refractivity contribution in [1.29, 1.82) is 0 Å². The molecule has 1 saturated carbocycles. The average molecular weight is 299 g/mol. The molecule has 1 aromatic rings. The molecule has 20 heavy (non-hydrogen) atoms. The van der Waals surface area contributed by atoms with Crippen molar-refractivity contribution in [2.24, 2.45) is 0 Å². The third-order valence-electron chi connectivity index (χ3n) is 3.94. The first-order chi connectivity index (χ1) is 9.50. The molecule has 0 heterocycles. The van der Waals surface area contributed by atoms with Gasteiger partial charge in [0.05, 0.1) is 18.6 Å². The Bertz CT molecular complexity index is 565. The van der Waals surface area contributed by atoms with E-state index >= 15 is 0 Å². The van der Waals surface area contributed by atoms with Crippen LogP contribution in [0, 0.1) is 0 Å². The summed E-state index contributed by atoms with van der Waals surface area (Å²) in [7, 11) is -0.387. The van der Waals surface area contributed by atoms with E-state index in [-0.39, 0.29) is 17.5 Å². The van der Waals surface area contributed by atoms with Crippen LogP contribution in [0.15, 0.2) is 23.1 Å². The molecule has 0 aliphatic heterocycles. The molecular formula is C14H21NO4S. The van der Waals surface area contributed by atoms with Crippen molar-refractivity contribution in [2.45, 2.75) is 43.2 Å². The lowest BCUT2D eigenvalue weighted by molar-refractivity contribution is 0.273. The van der Waals surface area contributed by atoms with Gasteiger partial charge in [-0.2, -0.15) is 4.31 Å². The van der Waals surface area contributed by atoms with Crippen LogP contribution in [0.25, 0.3) is 0 Å². The summed E-state index contributed by atoms with van der Waals surface area (Å²) in [5.74, 6) is 0.495. The lowest BCUT2D eigenvalue weighted by atomic mass is 10.2. The molecule has 0 radical (unpaired) electrons.